The third kappa shape index (κ3) is 2.66. The monoisotopic (exact) mass is 313 g/mol. The number of benzene rings is 1. The van der Waals surface area contributed by atoms with Crippen molar-refractivity contribution in [1.82, 2.24) is 9.88 Å². The lowest BCUT2D eigenvalue weighted by atomic mass is 10.2. The lowest BCUT2D eigenvalue weighted by Gasteiger charge is -2.08. The minimum absolute atomic E-state index is 0.0899. The molecule has 110 valence electrons. The smallest absolute Gasteiger partial charge is 0.290 e. The fraction of sp³-hybridized carbons (Fsp3) is 0. The van der Waals surface area contributed by atoms with E-state index >= 15 is 0 Å². The van der Waals surface area contributed by atoms with Gasteiger partial charge < -0.3 is 14.5 Å². The summed E-state index contributed by atoms with van der Waals surface area (Å²) in [6, 6.07) is 9.75. The third-order valence-electron chi connectivity index (χ3n) is 3.08. The maximum atomic E-state index is 11.6. The first-order chi connectivity index (χ1) is 10.5. The van der Waals surface area contributed by atoms with E-state index in [1.165, 1.54) is 12.1 Å². The van der Waals surface area contributed by atoms with E-state index in [2.05, 4.69) is 5.32 Å². The van der Waals surface area contributed by atoms with E-state index in [-0.39, 0.29) is 5.56 Å². The zero-order valence-electron chi connectivity index (χ0n) is 11.1. The Kier molecular flexibility index (Phi) is 3.56. The second kappa shape index (κ2) is 5.53. The standard InChI is InChI=1S/C15H10N2O4S/c18-13-12(22-15(21)16-13)8-11-2-1-7-17(11)10-5-3-9(4-6-10)14(19)20/h1-8H,(H,19,20)(H,16,18,21)/p-1/b12-8+. The van der Waals surface area contributed by atoms with E-state index in [4.69, 9.17) is 0 Å². The van der Waals surface area contributed by atoms with Gasteiger partial charge in [0.25, 0.3) is 11.1 Å². The van der Waals surface area contributed by atoms with Crippen LogP contribution in [0.1, 0.15) is 16.1 Å². The number of aromatic carboxylic acids is 1. The summed E-state index contributed by atoms with van der Waals surface area (Å²) < 4.78 is 1.78. The zero-order valence-corrected chi connectivity index (χ0v) is 11.9. The molecule has 7 heteroatoms. The average molecular weight is 313 g/mol. The van der Waals surface area contributed by atoms with Crippen LogP contribution in [-0.4, -0.2) is 21.7 Å². The minimum Gasteiger partial charge on any atom is -0.545 e. The fourth-order valence-corrected chi connectivity index (χ4v) is 2.73. The molecule has 2 heterocycles. The number of nitrogens with zero attached hydrogens (tertiary/aromatic N) is 1. The molecule has 1 aliphatic rings. The van der Waals surface area contributed by atoms with Gasteiger partial charge in [0, 0.05) is 17.6 Å². The number of amides is 2. The van der Waals surface area contributed by atoms with E-state index in [0.29, 0.717) is 10.6 Å². The van der Waals surface area contributed by atoms with Crippen LogP contribution in [0.2, 0.25) is 0 Å². The van der Waals surface area contributed by atoms with Crippen LogP contribution in [0.15, 0.2) is 47.5 Å². The van der Waals surface area contributed by atoms with Crippen molar-refractivity contribution in [3.05, 3.63) is 58.8 Å². The molecule has 0 atom stereocenters. The molecule has 22 heavy (non-hydrogen) atoms. The summed E-state index contributed by atoms with van der Waals surface area (Å²) in [5, 5.41) is 12.6. The molecule has 1 saturated heterocycles. The van der Waals surface area contributed by atoms with Crippen molar-refractivity contribution in [3.8, 4) is 5.69 Å². The highest BCUT2D eigenvalue weighted by Crippen LogP contribution is 2.26. The number of nitrogens with one attached hydrogen (secondary N) is 1. The van der Waals surface area contributed by atoms with Crippen molar-refractivity contribution < 1.29 is 19.5 Å². The van der Waals surface area contributed by atoms with Crippen molar-refractivity contribution in [2.24, 2.45) is 0 Å². The molecule has 0 radical (unpaired) electrons. The number of rotatable bonds is 3. The van der Waals surface area contributed by atoms with Gasteiger partial charge in [0.1, 0.15) is 0 Å². The lowest BCUT2D eigenvalue weighted by molar-refractivity contribution is -0.255. The maximum absolute atomic E-state index is 11.6. The molecule has 0 aliphatic carbocycles. The van der Waals surface area contributed by atoms with Gasteiger partial charge in [-0.15, -0.1) is 0 Å². The number of carboxylic acids is 1. The Morgan fingerprint density at radius 2 is 1.91 bits per heavy atom. The number of hydrogen-bond donors (Lipinski definition) is 1. The summed E-state index contributed by atoms with van der Waals surface area (Å²) in [6.07, 6.45) is 3.39. The molecule has 0 saturated carbocycles. The van der Waals surface area contributed by atoms with Gasteiger partial charge in [-0.1, -0.05) is 12.1 Å². The highest BCUT2D eigenvalue weighted by atomic mass is 32.2. The Balaban J connectivity index is 1.95. The van der Waals surface area contributed by atoms with Crippen LogP contribution in [0, 0.1) is 0 Å². The van der Waals surface area contributed by atoms with E-state index in [1.807, 2.05) is 0 Å². The third-order valence-corrected chi connectivity index (χ3v) is 3.89. The Morgan fingerprint density at radius 3 is 2.50 bits per heavy atom. The molecular weight excluding hydrogens is 304 g/mol. The van der Waals surface area contributed by atoms with Crippen LogP contribution in [0.25, 0.3) is 11.8 Å². The summed E-state index contributed by atoms with van der Waals surface area (Å²) in [4.78, 5) is 33.8. The van der Waals surface area contributed by atoms with Gasteiger partial charge in [0.05, 0.1) is 10.9 Å². The van der Waals surface area contributed by atoms with E-state index in [9.17, 15) is 19.5 Å². The van der Waals surface area contributed by atoms with Gasteiger partial charge >= 0.3 is 0 Å². The van der Waals surface area contributed by atoms with Crippen LogP contribution in [0.3, 0.4) is 0 Å². The number of thioether (sulfide) groups is 1. The molecule has 0 spiro atoms. The first kappa shape index (κ1) is 14.2. The fourth-order valence-electron chi connectivity index (χ4n) is 2.06. The van der Waals surface area contributed by atoms with Crippen molar-refractivity contribution in [2.75, 3.05) is 0 Å². The Hall–Kier alpha value is -2.80. The first-order valence-electron chi connectivity index (χ1n) is 6.28. The van der Waals surface area contributed by atoms with Gasteiger partial charge in [-0.3, -0.25) is 14.9 Å². The van der Waals surface area contributed by atoms with Gasteiger partial charge in [-0.05, 0) is 47.7 Å². The summed E-state index contributed by atoms with van der Waals surface area (Å²) in [5.41, 5.74) is 1.53. The quantitative estimate of drug-likeness (QED) is 0.859. The van der Waals surface area contributed by atoms with Crippen LogP contribution < -0.4 is 10.4 Å². The van der Waals surface area contributed by atoms with Crippen molar-refractivity contribution in [3.63, 3.8) is 0 Å². The Labute approximate surface area is 129 Å². The highest BCUT2D eigenvalue weighted by Gasteiger charge is 2.25. The normalized spacial score (nSPS) is 16.1. The molecule has 6 nitrogen and oxygen atoms in total. The zero-order chi connectivity index (χ0) is 15.7. The second-order valence-electron chi connectivity index (χ2n) is 4.49. The number of carbonyl (C=O) groups is 3. The molecule has 1 aromatic carbocycles. The molecule has 2 aromatic rings. The number of carboxylic acid groups (broad SMARTS) is 1. The van der Waals surface area contributed by atoms with Crippen molar-refractivity contribution >= 4 is 35.0 Å². The van der Waals surface area contributed by atoms with E-state index in [0.717, 1.165) is 17.4 Å². The molecule has 1 fully saturated rings. The molecule has 3 rings (SSSR count). The molecule has 2 amide bonds. The number of carbonyl (C=O) groups excluding carboxylic acids is 3. The van der Waals surface area contributed by atoms with Gasteiger partial charge in [-0.25, -0.2) is 0 Å². The van der Waals surface area contributed by atoms with Crippen LogP contribution >= 0.6 is 11.8 Å². The summed E-state index contributed by atoms with van der Waals surface area (Å²) in [7, 11) is 0. The maximum Gasteiger partial charge on any atom is 0.290 e. The van der Waals surface area contributed by atoms with E-state index in [1.54, 1.807) is 41.1 Å². The molecule has 0 unspecified atom stereocenters. The average Bonchev–Trinajstić information content (AvgIpc) is 3.06. The van der Waals surface area contributed by atoms with Gasteiger partial charge in [0.15, 0.2) is 0 Å². The van der Waals surface area contributed by atoms with Crippen LogP contribution in [-0.2, 0) is 4.79 Å². The SMILES string of the molecule is O=C1NC(=O)/C(=C\c2cccn2-c2ccc(C(=O)[O-])cc2)S1. The Morgan fingerprint density at radius 1 is 1.18 bits per heavy atom. The predicted molar refractivity (Wildman–Crippen MR) is 79.2 cm³/mol. The number of hydrogen-bond acceptors (Lipinski definition) is 5. The first-order valence-corrected chi connectivity index (χ1v) is 7.10. The van der Waals surface area contributed by atoms with Crippen molar-refractivity contribution in [1.29, 1.82) is 0 Å². The molecule has 1 aliphatic heterocycles. The summed E-state index contributed by atoms with van der Waals surface area (Å²) in [5.74, 6) is -1.66. The van der Waals surface area contributed by atoms with Crippen LogP contribution in [0.5, 0.6) is 0 Å². The lowest BCUT2D eigenvalue weighted by Crippen LogP contribution is -2.22. The highest BCUT2D eigenvalue weighted by molar-refractivity contribution is 8.18. The summed E-state index contributed by atoms with van der Waals surface area (Å²) in [6.45, 7) is 0. The van der Waals surface area contributed by atoms with Gasteiger partial charge in [-0.2, -0.15) is 0 Å². The Bertz CT molecular complexity index is 805. The van der Waals surface area contributed by atoms with E-state index < -0.39 is 17.1 Å². The second-order valence-corrected chi connectivity index (χ2v) is 5.50. The molecule has 1 N–H and O–H groups in total. The number of imide groups is 1. The molecular formula is C15H9N2O4S-. The molecule has 1 aromatic heterocycles. The van der Waals surface area contributed by atoms with Crippen LogP contribution in [0.4, 0.5) is 4.79 Å². The topological polar surface area (TPSA) is 91.2 Å². The predicted octanol–water partition coefficient (Wildman–Crippen LogP) is 1.16. The van der Waals surface area contributed by atoms with Crippen molar-refractivity contribution in [2.45, 2.75) is 0 Å². The number of aromatic nitrogens is 1. The summed E-state index contributed by atoms with van der Waals surface area (Å²) >= 11 is 0.844. The minimum atomic E-state index is -1.24. The molecule has 0 bridgehead atoms. The van der Waals surface area contributed by atoms with Gasteiger partial charge in [0.2, 0.25) is 0 Å². The largest absolute Gasteiger partial charge is 0.545 e.